The number of fused-ring (bicyclic) bond motifs is 1. The van der Waals surface area contributed by atoms with Crippen molar-refractivity contribution < 1.29 is 17.9 Å². The van der Waals surface area contributed by atoms with Gasteiger partial charge in [0.25, 0.3) is 15.9 Å². The number of hydrogen-bond acceptors (Lipinski definition) is 5. The molecular weight excluding hydrogens is 342 g/mol. The van der Waals surface area contributed by atoms with Crippen molar-refractivity contribution in [3.8, 4) is 0 Å². The first-order valence-corrected chi connectivity index (χ1v) is 10.3. The Hall–Kier alpha value is -1.67. The van der Waals surface area contributed by atoms with Crippen molar-refractivity contribution in [3.63, 3.8) is 0 Å². The average Bonchev–Trinajstić information content (AvgIpc) is 2.53. The van der Waals surface area contributed by atoms with Crippen molar-refractivity contribution in [2.75, 3.05) is 19.4 Å². The normalized spacial score (nSPS) is 34.3. The van der Waals surface area contributed by atoms with Crippen LogP contribution in [0.3, 0.4) is 0 Å². The summed E-state index contributed by atoms with van der Waals surface area (Å²) in [6.07, 6.45) is 8.50. The van der Waals surface area contributed by atoms with Crippen molar-refractivity contribution in [2.24, 2.45) is 15.7 Å². The highest BCUT2D eigenvalue weighted by atomic mass is 32.2. The lowest BCUT2D eigenvalue weighted by Crippen LogP contribution is -2.72. The van der Waals surface area contributed by atoms with Gasteiger partial charge in [-0.1, -0.05) is 13.3 Å². The molecule has 0 aromatic rings. The second kappa shape index (κ2) is 5.67. The molecule has 0 saturated heterocycles. The first-order valence-electron chi connectivity index (χ1n) is 8.69. The number of ether oxygens (including phenoxy) is 1. The number of amidine groups is 1. The molecule has 0 aromatic heterocycles. The zero-order chi connectivity index (χ0) is 17.8. The number of carbonyl (C=O) groups excluding carboxylic acids is 1. The molecular formula is C17H23N3O4S. The van der Waals surface area contributed by atoms with Crippen LogP contribution in [0.5, 0.6) is 0 Å². The highest BCUT2D eigenvalue weighted by Crippen LogP contribution is 2.59. The molecule has 136 valence electrons. The minimum Gasteiger partial charge on any atom is -0.380 e. The van der Waals surface area contributed by atoms with Crippen LogP contribution in [0.4, 0.5) is 0 Å². The van der Waals surface area contributed by atoms with Gasteiger partial charge in [-0.2, -0.15) is 0 Å². The summed E-state index contributed by atoms with van der Waals surface area (Å²) in [5.41, 5.74) is 0.620. The molecule has 2 heterocycles. The Morgan fingerprint density at radius 2 is 2.16 bits per heavy atom. The predicted octanol–water partition coefficient (Wildman–Crippen LogP) is 0.804. The van der Waals surface area contributed by atoms with Crippen molar-refractivity contribution in [1.29, 1.82) is 0 Å². The van der Waals surface area contributed by atoms with E-state index in [0.29, 0.717) is 23.9 Å². The van der Waals surface area contributed by atoms with E-state index in [0.717, 1.165) is 12.8 Å². The monoisotopic (exact) mass is 365 g/mol. The molecule has 3 atom stereocenters. The number of amides is 1. The highest BCUT2D eigenvalue weighted by molar-refractivity contribution is 7.90. The molecule has 0 radical (unpaired) electrons. The van der Waals surface area contributed by atoms with E-state index < -0.39 is 10.0 Å². The molecule has 1 N–H and O–H groups in total. The van der Waals surface area contributed by atoms with Crippen LogP contribution in [0.25, 0.3) is 0 Å². The Morgan fingerprint density at radius 3 is 2.80 bits per heavy atom. The van der Waals surface area contributed by atoms with Gasteiger partial charge in [0, 0.05) is 37.2 Å². The van der Waals surface area contributed by atoms with E-state index in [1.807, 2.05) is 0 Å². The molecule has 2 aliphatic carbocycles. The van der Waals surface area contributed by atoms with Crippen LogP contribution in [0.2, 0.25) is 0 Å². The molecule has 25 heavy (non-hydrogen) atoms. The van der Waals surface area contributed by atoms with Crippen LogP contribution in [0.15, 0.2) is 28.3 Å². The Labute approximate surface area is 147 Å². The van der Waals surface area contributed by atoms with Crippen molar-refractivity contribution in [3.05, 3.63) is 23.9 Å². The summed E-state index contributed by atoms with van der Waals surface area (Å²) in [6, 6.07) is 0.129. The molecule has 0 bridgehead atoms. The fraction of sp³-hybridized carbons (Fsp3) is 0.647. The SMILES string of the molecule is CO[C@@H]1[C@H](C)[C@H](NC(=O)C2=CN3CCS(=O)(=O)N=C3C=C2)C12CCC2. The lowest BCUT2D eigenvalue weighted by molar-refractivity contribution is -0.201. The van der Waals surface area contributed by atoms with E-state index in [1.165, 1.54) is 6.42 Å². The number of sulfonamides is 1. The van der Waals surface area contributed by atoms with Crippen LogP contribution in [0, 0.1) is 11.3 Å². The van der Waals surface area contributed by atoms with Crippen LogP contribution >= 0.6 is 0 Å². The first kappa shape index (κ1) is 16.8. The summed E-state index contributed by atoms with van der Waals surface area (Å²) < 4.78 is 32.5. The van der Waals surface area contributed by atoms with E-state index >= 15 is 0 Å². The molecule has 7 nitrogen and oxygen atoms in total. The van der Waals surface area contributed by atoms with Gasteiger partial charge >= 0.3 is 0 Å². The van der Waals surface area contributed by atoms with Crippen LogP contribution in [-0.2, 0) is 19.6 Å². The standard InChI is InChI=1S/C17H23N3O4S/c1-11-14(17(6-3-7-17)15(11)24-2)18-16(21)12-4-5-13-19-25(22,23)9-8-20(13)10-12/h4-5,10-11,14-15H,3,6-9H2,1-2H3,(H,18,21)/t11-,14+,15-/m1/s1. The summed E-state index contributed by atoms with van der Waals surface area (Å²) in [5, 5.41) is 3.18. The Balaban J connectivity index is 1.48. The quantitative estimate of drug-likeness (QED) is 0.799. The maximum atomic E-state index is 12.7. The second-order valence-electron chi connectivity index (χ2n) is 7.40. The van der Waals surface area contributed by atoms with E-state index in [2.05, 4.69) is 16.6 Å². The molecule has 2 aliphatic heterocycles. The molecule has 8 heteroatoms. The number of nitrogens with one attached hydrogen (secondary N) is 1. The molecule has 2 saturated carbocycles. The van der Waals surface area contributed by atoms with E-state index in [9.17, 15) is 13.2 Å². The number of carbonyl (C=O) groups is 1. The van der Waals surface area contributed by atoms with Crippen LogP contribution < -0.4 is 5.32 Å². The molecule has 4 aliphatic rings. The van der Waals surface area contributed by atoms with Crippen molar-refractivity contribution in [1.82, 2.24) is 10.2 Å². The number of methoxy groups -OCH3 is 1. The molecule has 0 unspecified atom stereocenters. The Bertz CT molecular complexity index is 795. The fourth-order valence-electron chi connectivity index (χ4n) is 4.75. The van der Waals surface area contributed by atoms with Crippen molar-refractivity contribution >= 4 is 21.8 Å². The Morgan fingerprint density at radius 1 is 1.40 bits per heavy atom. The van der Waals surface area contributed by atoms with Gasteiger partial charge in [-0.3, -0.25) is 4.79 Å². The first-order chi connectivity index (χ1) is 11.9. The van der Waals surface area contributed by atoms with Crippen molar-refractivity contribution in [2.45, 2.75) is 38.3 Å². The van der Waals surface area contributed by atoms with Crippen LogP contribution in [-0.4, -0.2) is 56.6 Å². The summed E-state index contributed by atoms with van der Waals surface area (Å²) in [6.45, 7) is 2.44. The molecule has 1 amide bonds. The lowest BCUT2D eigenvalue weighted by atomic mass is 9.46. The lowest BCUT2D eigenvalue weighted by Gasteiger charge is -2.64. The minimum absolute atomic E-state index is 0.0337. The van der Waals surface area contributed by atoms with Gasteiger partial charge in [0.1, 0.15) is 5.84 Å². The maximum absolute atomic E-state index is 12.7. The summed E-state index contributed by atoms with van der Waals surface area (Å²) in [4.78, 5) is 14.4. The van der Waals surface area contributed by atoms with Gasteiger partial charge < -0.3 is 15.0 Å². The second-order valence-corrected chi connectivity index (χ2v) is 9.15. The number of nitrogens with zero attached hydrogens (tertiary/aromatic N) is 2. The fourth-order valence-corrected chi connectivity index (χ4v) is 5.71. The smallest absolute Gasteiger partial charge is 0.256 e. The van der Waals surface area contributed by atoms with Gasteiger partial charge in [0.2, 0.25) is 0 Å². The van der Waals surface area contributed by atoms with Gasteiger partial charge in [0.05, 0.1) is 17.4 Å². The number of hydrogen-bond donors (Lipinski definition) is 1. The maximum Gasteiger partial charge on any atom is 0.256 e. The summed E-state index contributed by atoms with van der Waals surface area (Å²) >= 11 is 0. The third kappa shape index (κ3) is 2.54. The predicted molar refractivity (Wildman–Crippen MR) is 93.3 cm³/mol. The van der Waals surface area contributed by atoms with E-state index in [1.54, 1.807) is 30.4 Å². The highest BCUT2D eigenvalue weighted by Gasteiger charge is 2.63. The molecule has 0 aromatic carbocycles. The van der Waals surface area contributed by atoms with E-state index in [-0.39, 0.29) is 29.2 Å². The van der Waals surface area contributed by atoms with Gasteiger partial charge in [-0.15, -0.1) is 4.40 Å². The molecule has 4 rings (SSSR count). The van der Waals surface area contributed by atoms with Crippen LogP contribution in [0.1, 0.15) is 26.2 Å². The minimum atomic E-state index is -3.38. The molecule has 2 fully saturated rings. The topological polar surface area (TPSA) is 88.1 Å². The summed E-state index contributed by atoms with van der Waals surface area (Å²) in [7, 11) is -1.63. The Kier molecular flexibility index (Phi) is 3.81. The largest absolute Gasteiger partial charge is 0.380 e. The third-order valence-electron chi connectivity index (χ3n) is 6.10. The zero-order valence-electron chi connectivity index (χ0n) is 14.4. The third-order valence-corrected chi connectivity index (χ3v) is 7.26. The molecule has 1 spiro atoms. The van der Waals surface area contributed by atoms with Gasteiger partial charge in [-0.25, -0.2) is 8.42 Å². The average molecular weight is 365 g/mol. The number of rotatable bonds is 3. The zero-order valence-corrected chi connectivity index (χ0v) is 15.3. The van der Waals surface area contributed by atoms with Gasteiger partial charge in [-0.05, 0) is 25.0 Å². The van der Waals surface area contributed by atoms with Gasteiger partial charge in [0.15, 0.2) is 0 Å². The van der Waals surface area contributed by atoms with E-state index in [4.69, 9.17) is 4.74 Å². The summed E-state index contributed by atoms with van der Waals surface area (Å²) in [5.74, 6) is 0.504.